The third-order valence-corrected chi connectivity index (χ3v) is 4.27. The van der Waals surface area contributed by atoms with E-state index in [2.05, 4.69) is 0 Å². The molecule has 1 aliphatic rings. The van der Waals surface area contributed by atoms with Crippen molar-refractivity contribution in [3.05, 3.63) is 71.3 Å². The van der Waals surface area contributed by atoms with Gasteiger partial charge >= 0.3 is 0 Å². The lowest BCUT2D eigenvalue weighted by molar-refractivity contribution is 0.0540. The molecule has 0 aliphatic carbocycles. The molecular weight excluding hydrogens is 298 g/mol. The van der Waals surface area contributed by atoms with Gasteiger partial charge in [0.2, 0.25) is 0 Å². The van der Waals surface area contributed by atoms with E-state index in [1.165, 1.54) is 24.3 Å². The van der Waals surface area contributed by atoms with Crippen LogP contribution in [0.15, 0.2) is 48.5 Å². The Balaban J connectivity index is 1.83. The lowest BCUT2D eigenvalue weighted by Gasteiger charge is -2.39. The summed E-state index contributed by atoms with van der Waals surface area (Å²) < 4.78 is 27.4. The predicted molar refractivity (Wildman–Crippen MR) is 84.1 cm³/mol. The van der Waals surface area contributed by atoms with E-state index in [9.17, 15) is 13.6 Å². The minimum absolute atomic E-state index is 0.206. The molecule has 0 aromatic heterocycles. The van der Waals surface area contributed by atoms with Crippen molar-refractivity contribution in [2.45, 2.75) is 6.04 Å². The summed E-state index contributed by atoms with van der Waals surface area (Å²) in [6, 6.07) is 12.1. The number of hydrogen-bond donors (Lipinski definition) is 0. The minimum Gasteiger partial charge on any atom is -0.335 e. The van der Waals surface area contributed by atoms with Crippen LogP contribution in [0.2, 0.25) is 0 Å². The monoisotopic (exact) mass is 316 g/mol. The predicted octanol–water partition coefficient (Wildman–Crippen LogP) is 3.09. The summed E-state index contributed by atoms with van der Waals surface area (Å²) in [5.41, 5.74) is 0.897. The van der Waals surface area contributed by atoms with Crippen molar-refractivity contribution in [1.29, 1.82) is 0 Å². The highest BCUT2D eigenvalue weighted by Gasteiger charge is 2.30. The molecule has 2 aromatic carbocycles. The van der Waals surface area contributed by atoms with Gasteiger partial charge in [0.15, 0.2) is 0 Å². The van der Waals surface area contributed by atoms with E-state index in [1.54, 1.807) is 29.2 Å². The van der Waals surface area contributed by atoms with Crippen molar-refractivity contribution in [2.24, 2.45) is 0 Å². The maximum absolute atomic E-state index is 14.1. The maximum atomic E-state index is 14.1. The molecular formula is C18H18F2N2O. The molecule has 1 heterocycles. The van der Waals surface area contributed by atoms with Gasteiger partial charge in [-0.3, -0.25) is 9.69 Å². The summed E-state index contributed by atoms with van der Waals surface area (Å²) in [5.74, 6) is -0.932. The molecule has 5 heteroatoms. The first kappa shape index (κ1) is 15.6. The first-order valence-corrected chi connectivity index (χ1v) is 7.56. The van der Waals surface area contributed by atoms with E-state index >= 15 is 0 Å². The van der Waals surface area contributed by atoms with E-state index in [0.717, 1.165) is 0 Å². The van der Waals surface area contributed by atoms with Gasteiger partial charge in [0, 0.05) is 30.8 Å². The number of piperazine rings is 1. The molecule has 3 rings (SSSR count). The van der Waals surface area contributed by atoms with Crippen LogP contribution >= 0.6 is 0 Å². The average molecular weight is 316 g/mol. The molecule has 23 heavy (non-hydrogen) atoms. The molecule has 1 saturated heterocycles. The Kier molecular flexibility index (Phi) is 4.39. The number of rotatable bonds is 2. The summed E-state index contributed by atoms with van der Waals surface area (Å²) >= 11 is 0. The molecule has 0 saturated carbocycles. The Morgan fingerprint density at radius 3 is 2.61 bits per heavy atom. The zero-order valence-corrected chi connectivity index (χ0v) is 12.9. The van der Waals surface area contributed by atoms with E-state index in [0.29, 0.717) is 30.8 Å². The summed E-state index contributed by atoms with van der Waals surface area (Å²) in [6.07, 6.45) is 0. The Hall–Kier alpha value is -2.27. The quantitative estimate of drug-likeness (QED) is 0.850. The van der Waals surface area contributed by atoms with Crippen molar-refractivity contribution in [3.8, 4) is 0 Å². The second-order valence-corrected chi connectivity index (χ2v) is 5.78. The highest BCUT2D eigenvalue weighted by molar-refractivity contribution is 5.94. The van der Waals surface area contributed by atoms with Crippen LogP contribution in [0.25, 0.3) is 0 Å². The van der Waals surface area contributed by atoms with Gasteiger partial charge in [0.25, 0.3) is 5.91 Å². The number of carbonyl (C=O) groups excluding carboxylic acids is 1. The van der Waals surface area contributed by atoms with Crippen LogP contribution in [0.1, 0.15) is 22.0 Å². The Labute approximate surface area is 134 Å². The van der Waals surface area contributed by atoms with Crippen molar-refractivity contribution < 1.29 is 13.6 Å². The summed E-state index contributed by atoms with van der Waals surface area (Å²) in [4.78, 5) is 16.3. The van der Waals surface area contributed by atoms with Crippen molar-refractivity contribution in [2.75, 3.05) is 26.7 Å². The van der Waals surface area contributed by atoms with Gasteiger partial charge in [-0.25, -0.2) is 8.78 Å². The zero-order valence-electron chi connectivity index (χ0n) is 12.9. The van der Waals surface area contributed by atoms with Gasteiger partial charge in [-0.1, -0.05) is 24.3 Å². The smallest absolute Gasteiger partial charge is 0.254 e. The van der Waals surface area contributed by atoms with E-state index in [1.807, 2.05) is 11.9 Å². The average Bonchev–Trinajstić information content (AvgIpc) is 2.55. The normalized spacial score (nSPS) is 18.9. The molecule has 0 spiro atoms. The highest BCUT2D eigenvalue weighted by Crippen LogP contribution is 2.26. The van der Waals surface area contributed by atoms with Gasteiger partial charge in [0.1, 0.15) is 11.6 Å². The minimum atomic E-state index is -0.435. The number of amides is 1. The SMILES string of the molecule is CN1CCN(C(=O)c2cccc(F)c2)CC1c1ccccc1F. The molecule has 0 radical (unpaired) electrons. The van der Waals surface area contributed by atoms with Crippen LogP contribution in [0, 0.1) is 11.6 Å². The lowest BCUT2D eigenvalue weighted by Crippen LogP contribution is -2.49. The third-order valence-electron chi connectivity index (χ3n) is 4.27. The lowest BCUT2D eigenvalue weighted by atomic mass is 10.0. The van der Waals surface area contributed by atoms with Crippen molar-refractivity contribution in [1.82, 2.24) is 9.80 Å². The second-order valence-electron chi connectivity index (χ2n) is 5.78. The molecule has 1 unspecified atom stereocenters. The number of carbonyl (C=O) groups is 1. The van der Waals surface area contributed by atoms with Gasteiger partial charge in [0.05, 0.1) is 6.04 Å². The third kappa shape index (κ3) is 3.24. The molecule has 1 atom stereocenters. The van der Waals surface area contributed by atoms with Gasteiger partial charge in [-0.2, -0.15) is 0 Å². The topological polar surface area (TPSA) is 23.6 Å². The summed E-state index contributed by atoms with van der Waals surface area (Å²) in [6.45, 7) is 1.56. The number of benzene rings is 2. The summed E-state index contributed by atoms with van der Waals surface area (Å²) in [5, 5.41) is 0. The first-order valence-electron chi connectivity index (χ1n) is 7.56. The Morgan fingerprint density at radius 1 is 1.09 bits per heavy atom. The zero-order chi connectivity index (χ0) is 16.4. The van der Waals surface area contributed by atoms with E-state index in [4.69, 9.17) is 0 Å². The second kappa shape index (κ2) is 6.46. The fourth-order valence-electron chi connectivity index (χ4n) is 2.94. The Bertz CT molecular complexity index is 720. The molecule has 1 amide bonds. The van der Waals surface area contributed by atoms with Gasteiger partial charge in [-0.05, 0) is 31.3 Å². The molecule has 1 fully saturated rings. The first-order chi connectivity index (χ1) is 11.1. The fourth-order valence-corrected chi connectivity index (χ4v) is 2.94. The fraction of sp³-hybridized carbons (Fsp3) is 0.278. The maximum Gasteiger partial charge on any atom is 0.254 e. The number of halogens is 2. The van der Waals surface area contributed by atoms with Crippen LogP contribution in [0.3, 0.4) is 0 Å². The van der Waals surface area contributed by atoms with Crippen LogP contribution in [0.4, 0.5) is 8.78 Å². The standard InChI is InChI=1S/C18H18F2N2O/c1-21-9-10-22(18(23)13-5-4-6-14(19)11-13)12-17(21)15-7-2-3-8-16(15)20/h2-8,11,17H,9-10,12H2,1H3. The van der Waals surface area contributed by atoms with E-state index in [-0.39, 0.29) is 17.8 Å². The van der Waals surface area contributed by atoms with Gasteiger partial charge < -0.3 is 4.90 Å². The van der Waals surface area contributed by atoms with Crippen molar-refractivity contribution >= 4 is 5.91 Å². The molecule has 2 aromatic rings. The summed E-state index contributed by atoms with van der Waals surface area (Å²) in [7, 11) is 1.92. The number of likely N-dealkylation sites (N-methyl/N-ethyl adjacent to an activating group) is 1. The number of hydrogen-bond acceptors (Lipinski definition) is 2. The van der Waals surface area contributed by atoms with Crippen LogP contribution < -0.4 is 0 Å². The molecule has 120 valence electrons. The van der Waals surface area contributed by atoms with E-state index < -0.39 is 5.82 Å². The highest BCUT2D eigenvalue weighted by atomic mass is 19.1. The Morgan fingerprint density at radius 2 is 1.87 bits per heavy atom. The largest absolute Gasteiger partial charge is 0.335 e. The molecule has 3 nitrogen and oxygen atoms in total. The molecule has 0 N–H and O–H groups in total. The van der Waals surface area contributed by atoms with Crippen LogP contribution in [0.5, 0.6) is 0 Å². The van der Waals surface area contributed by atoms with Crippen LogP contribution in [-0.2, 0) is 0 Å². The number of nitrogens with zero attached hydrogens (tertiary/aromatic N) is 2. The van der Waals surface area contributed by atoms with Gasteiger partial charge in [-0.15, -0.1) is 0 Å². The molecule has 1 aliphatic heterocycles. The van der Waals surface area contributed by atoms with Crippen molar-refractivity contribution in [3.63, 3.8) is 0 Å². The van der Waals surface area contributed by atoms with Crippen LogP contribution in [-0.4, -0.2) is 42.4 Å². The molecule has 0 bridgehead atoms.